The van der Waals surface area contributed by atoms with Gasteiger partial charge in [-0.15, -0.1) is 0 Å². The molecule has 0 aliphatic heterocycles. The standard InChI is InChI=1S/C17H21NO/c1-13(18(2)3)15-11-7-8-12-16(15)17(19)14-9-5-4-6-10-14/h4-13,17,19H,1-3H3/p+1/t13-,17-/m0/s1. The number of quaternary nitrogens is 1. The molecule has 0 aromatic heterocycles. The lowest BCUT2D eigenvalue weighted by Gasteiger charge is -2.22. The molecule has 0 spiro atoms. The molecule has 0 fully saturated rings. The van der Waals surface area contributed by atoms with Gasteiger partial charge in [-0.05, 0) is 18.1 Å². The van der Waals surface area contributed by atoms with Crippen LogP contribution < -0.4 is 4.90 Å². The van der Waals surface area contributed by atoms with Gasteiger partial charge < -0.3 is 10.0 Å². The van der Waals surface area contributed by atoms with Crippen molar-refractivity contribution in [2.45, 2.75) is 19.1 Å². The van der Waals surface area contributed by atoms with E-state index in [1.54, 1.807) is 0 Å². The summed E-state index contributed by atoms with van der Waals surface area (Å²) in [5.74, 6) is 0. The van der Waals surface area contributed by atoms with Crippen LogP contribution in [0.25, 0.3) is 0 Å². The highest BCUT2D eigenvalue weighted by atomic mass is 16.3. The van der Waals surface area contributed by atoms with Crippen molar-refractivity contribution in [3.63, 3.8) is 0 Å². The van der Waals surface area contributed by atoms with Gasteiger partial charge in [0.1, 0.15) is 12.1 Å². The zero-order valence-electron chi connectivity index (χ0n) is 11.8. The Morgan fingerprint density at radius 3 is 1.95 bits per heavy atom. The molecule has 2 atom stereocenters. The van der Waals surface area contributed by atoms with Crippen LogP contribution in [0.4, 0.5) is 0 Å². The van der Waals surface area contributed by atoms with E-state index < -0.39 is 6.10 Å². The Morgan fingerprint density at radius 2 is 1.37 bits per heavy atom. The molecule has 0 bridgehead atoms. The average molecular weight is 256 g/mol. The predicted molar refractivity (Wildman–Crippen MR) is 78.2 cm³/mol. The molecular formula is C17H22NO+. The van der Waals surface area contributed by atoms with E-state index in [4.69, 9.17) is 0 Å². The summed E-state index contributed by atoms with van der Waals surface area (Å²) in [6, 6.07) is 18.3. The lowest BCUT2D eigenvalue weighted by molar-refractivity contribution is -0.890. The molecule has 0 radical (unpaired) electrons. The third kappa shape index (κ3) is 3.03. The molecular weight excluding hydrogens is 234 g/mol. The van der Waals surface area contributed by atoms with Gasteiger partial charge in [-0.2, -0.15) is 0 Å². The number of nitrogens with one attached hydrogen (secondary N) is 1. The van der Waals surface area contributed by atoms with E-state index in [2.05, 4.69) is 27.1 Å². The van der Waals surface area contributed by atoms with Gasteiger partial charge in [-0.25, -0.2) is 0 Å². The smallest absolute Gasteiger partial charge is 0.110 e. The van der Waals surface area contributed by atoms with E-state index in [9.17, 15) is 5.11 Å². The first-order valence-electron chi connectivity index (χ1n) is 6.73. The van der Waals surface area contributed by atoms with Gasteiger partial charge in [0.2, 0.25) is 0 Å². The summed E-state index contributed by atoms with van der Waals surface area (Å²) < 4.78 is 0. The lowest BCUT2D eigenvalue weighted by Crippen LogP contribution is -3.05. The van der Waals surface area contributed by atoms with Crippen molar-refractivity contribution >= 4 is 0 Å². The zero-order chi connectivity index (χ0) is 13.8. The van der Waals surface area contributed by atoms with Crippen molar-refractivity contribution in [2.24, 2.45) is 0 Å². The molecule has 2 nitrogen and oxygen atoms in total. The number of hydrogen-bond acceptors (Lipinski definition) is 1. The summed E-state index contributed by atoms with van der Waals surface area (Å²) in [5.41, 5.74) is 3.15. The molecule has 19 heavy (non-hydrogen) atoms. The van der Waals surface area contributed by atoms with Crippen LogP contribution >= 0.6 is 0 Å². The van der Waals surface area contributed by atoms with E-state index >= 15 is 0 Å². The molecule has 0 aliphatic rings. The molecule has 2 heteroatoms. The largest absolute Gasteiger partial charge is 0.384 e. The molecule has 0 aliphatic carbocycles. The normalized spacial score (nSPS) is 14.4. The van der Waals surface area contributed by atoms with Crippen molar-refractivity contribution in [3.8, 4) is 0 Å². The first-order chi connectivity index (χ1) is 9.11. The average Bonchev–Trinajstić information content (AvgIpc) is 2.46. The zero-order valence-corrected chi connectivity index (χ0v) is 11.8. The fraction of sp³-hybridized carbons (Fsp3) is 0.294. The predicted octanol–water partition coefficient (Wildman–Crippen LogP) is 1.97. The molecule has 2 aromatic carbocycles. The van der Waals surface area contributed by atoms with Crippen molar-refractivity contribution < 1.29 is 10.0 Å². The molecule has 0 unspecified atom stereocenters. The van der Waals surface area contributed by atoms with Crippen LogP contribution in [0.5, 0.6) is 0 Å². The molecule has 2 N–H and O–H groups in total. The summed E-state index contributed by atoms with van der Waals surface area (Å²) >= 11 is 0. The number of aliphatic hydroxyl groups is 1. The Hall–Kier alpha value is -1.64. The highest BCUT2D eigenvalue weighted by Crippen LogP contribution is 2.27. The van der Waals surface area contributed by atoms with Gasteiger partial charge >= 0.3 is 0 Å². The minimum Gasteiger partial charge on any atom is -0.384 e. The minimum atomic E-state index is -0.556. The summed E-state index contributed by atoms with van der Waals surface area (Å²) in [6.07, 6.45) is -0.556. The SMILES string of the molecule is C[C@@H](c1ccccc1[C@@H](O)c1ccccc1)[NH+](C)C. The first kappa shape index (κ1) is 13.8. The Morgan fingerprint density at radius 1 is 0.842 bits per heavy atom. The Balaban J connectivity index is 2.40. The summed E-state index contributed by atoms with van der Waals surface area (Å²) in [7, 11) is 4.27. The molecule has 0 amide bonds. The lowest BCUT2D eigenvalue weighted by atomic mass is 9.93. The van der Waals surface area contributed by atoms with Gasteiger partial charge in [0.05, 0.1) is 14.1 Å². The molecule has 2 rings (SSSR count). The molecule has 0 heterocycles. The van der Waals surface area contributed by atoms with Gasteiger partial charge in [0.15, 0.2) is 0 Å². The Bertz CT molecular complexity index is 522. The van der Waals surface area contributed by atoms with Crippen molar-refractivity contribution in [1.82, 2.24) is 0 Å². The Labute approximate surface area is 115 Å². The van der Waals surface area contributed by atoms with Crippen LogP contribution in [0.2, 0.25) is 0 Å². The van der Waals surface area contributed by atoms with Crippen LogP contribution in [0.1, 0.15) is 35.8 Å². The second-order valence-electron chi connectivity index (χ2n) is 5.24. The van der Waals surface area contributed by atoms with Gasteiger partial charge in [-0.1, -0.05) is 54.6 Å². The molecule has 0 saturated heterocycles. The third-order valence-corrected chi connectivity index (χ3v) is 3.74. The highest BCUT2D eigenvalue weighted by molar-refractivity contribution is 5.36. The van der Waals surface area contributed by atoms with E-state index in [1.165, 1.54) is 10.5 Å². The molecule has 100 valence electrons. The van der Waals surface area contributed by atoms with Gasteiger partial charge in [-0.3, -0.25) is 0 Å². The Kier molecular flexibility index (Phi) is 4.35. The number of hydrogen-bond donors (Lipinski definition) is 2. The van der Waals surface area contributed by atoms with Crippen LogP contribution in [-0.2, 0) is 0 Å². The first-order valence-corrected chi connectivity index (χ1v) is 6.73. The van der Waals surface area contributed by atoms with Crippen LogP contribution in [0, 0.1) is 0 Å². The van der Waals surface area contributed by atoms with Crippen molar-refractivity contribution in [2.75, 3.05) is 14.1 Å². The summed E-state index contributed by atoms with van der Waals surface area (Å²) in [6.45, 7) is 2.19. The van der Waals surface area contributed by atoms with Gasteiger partial charge in [0, 0.05) is 5.56 Å². The van der Waals surface area contributed by atoms with Gasteiger partial charge in [0.25, 0.3) is 0 Å². The number of benzene rings is 2. The topological polar surface area (TPSA) is 24.7 Å². The number of aliphatic hydroxyl groups excluding tert-OH is 1. The summed E-state index contributed by atoms with van der Waals surface area (Å²) in [4.78, 5) is 1.35. The van der Waals surface area contributed by atoms with Crippen LogP contribution in [0.15, 0.2) is 54.6 Å². The third-order valence-electron chi connectivity index (χ3n) is 3.74. The summed E-state index contributed by atoms with van der Waals surface area (Å²) in [5, 5.41) is 10.6. The fourth-order valence-electron chi connectivity index (χ4n) is 2.28. The maximum absolute atomic E-state index is 10.6. The quantitative estimate of drug-likeness (QED) is 0.859. The van der Waals surface area contributed by atoms with E-state index in [0.29, 0.717) is 6.04 Å². The number of rotatable bonds is 4. The highest BCUT2D eigenvalue weighted by Gasteiger charge is 2.20. The van der Waals surface area contributed by atoms with Crippen LogP contribution in [-0.4, -0.2) is 19.2 Å². The minimum absolute atomic E-state index is 0.356. The van der Waals surface area contributed by atoms with E-state index in [-0.39, 0.29) is 0 Å². The maximum Gasteiger partial charge on any atom is 0.110 e. The second kappa shape index (κ2) is 6.00. The van der Waals surface area contributed by atoms with E-state index in [1.807, 2.05) is 48.5 Å². The molecule has 0 saturated carbocycles. The van der Waals surface area contributed by atoms with Crippen molar-refractivity contribution in [1.29, 1.82) is 0 Å². The fourth-order valence-corrected chi connectivity index (χ4v) is 2.28. The monoisotopic (exact) mass is 256 g/mol. The second-order valence-corrected chi connectivity index (χ2v) is 5.24. The van der Waals surface area contributed by atoms with Crippen molar-refractivity contribution in [3.05, 3.63) is 71.3 Å². The molecule has 2 aromatic rings. The van der Waals surface area contributed by atoms with Crippen LogP contribution in [0.3, 0.4) is 0 Å². The van der Waals surface area contributed by atoms with E-state index in [0.717, 1.165) is 11.1 Å². The maximum atomic E-state index is 10.6.